The first kappa shape index (κ1) is 13.2. The molecule has 0 radical (unpaired) electrons. The second-order valence-electron chi connectivity index (χ2n) is 4.04. The predicted octanol–water partition coefficient (Wildman–Crippen LogP) is 2.61. The Hall–Kier alpha value is -1.20. The minimum atomic E-state index is 0.485. The third-order valence-corrected chi connectivity index (χ3v) is 3.33. The molecule has 0 saturated heterocycles. The maximum absolute atomic E-state index is 5.81. The highest BCUT2D eigenvalue weighted by molar-refractivity contribution is 9.10. The van der Waals surface area contributed by atoms with Gasteiger partial charge >= 0.3 is 0 Å². The molecule has 2 aromatic rings. The summed E-state index contributed by atoms with van der Waals surface area (Å²) in [5, 5.41) is 4.54. The van der Waals surface area contributed by atoms with Crippen molar-refractivity contribution in [3.05, 3.63) is 39.9 Å². The summed E-state index contributed by atoms with van der Waals surface area (Å²) in [6.45, 7) is 4.63. The number of nitrogens with two attached hydrogens (primary N) is 1. The van der Waals surface area contributed by atoms with Crippen molar-refractivity contribution in [2.24, 2.45) is 5.73 Å². The van der Waals surface area contributed by atoms with Gasteiger partial charge in [-0.05, 0) is 23.8 Å². The maximum Gasteiger partial charge on any atom is 0.151 e. The van der Waals surface area contributed by atoms with Crippen molar-refractivity contribution in [1.82, 2.24) is 14.8 Å². The highest BCUT2D eigenvalue weighted by Gasteiger charge is 2.12. The van der Waals surface area contributed by atoms with Gasteiger partial charge in [-0.1, -0.05) is 29.8 Å². The second-order valence-corrected chi connectivity index (χ2v) is 4.96. The van der Waals surface area contributed by atoms with Crippen LogP contribution in [0.4, 0.5) is 0 Å². The van der Waals surface area contributed by atoms with Gasteiger partial charge in [0.15, 0.2) is 5.82 Å². The number of nitrogens with zero attached hydrogens (tertiary/aromatic N) is 3. The topological polar surface area (TPSA) is 56.7 Å². The van der Waals surface area contributed by atoms with Crippen LogP contribution in [0.15, 0.2) is 22.7 Å². The summed E-state index contributed by atoms with van der Waals surface area (Å²) in [7, 11) is 0. The first-order valence-electron chi connectivity index (χ1n) is 6.13. The molecule has 0 atom stereocenters. The molecule has 1 aromatic heterocycles. The van der Waals surface area contributed by atoms with Crippen molar-refractivity contribution < 1.29 is 0 Å². The Morgan fingerprint density at radius 1 is 1.28 bits per heavy atom. The fraction of sp³-hybridized carbons (Fsp3) is 0.385. The third-order valence-electron chi connectivity index (χ3n) is 2.84. The van der Waals surface area contributed by atoms with Crippen LogP contribution in [0.1, 0.15) is 31.1 Å². The van der Waals surface area contributed by atoms with Crippen LogP contribution < -0.4 is 5.73 Å². The lowest BCUT2D eigenvalue weighted by atomic mass is 10.2. The molecule has 5 heteroatoms. The van der Waals surface area contributed by atoms with E-state index in [9.17, 15) is 0 Å². The lowest BCUT2D eigenvalue weighted by molar-refractivity contribution is 0.779. The van der Waals surface area contributed by atoms with Gasteiger partial charge in [-0.25, -0.2) is 9.67 Å². The molecule has 2 N–H and O–H groups in total. The van der Waals surface area contributed by atoms with Crippen molar-refractivity contribution in [2.45, 2.75) is 33.2 Å². The van der Waals surface area contributed by atoms with Gasteiger partial charge in [0.25, 0.3) is 0 Å². The lowest BCUT2D eigenvalue weighted by Gasteiger charge is -2.10. The highest BCUT2D eigenvalue weighted by Crippen LogP contribution is 2.21. The molecule has 0 aliphatic carbocycles. The molecule has 0 amide bonds. The largest absolute Gasteiger partial charge is 0.326 e. The Labute approximate surface area is 115 Å². The van der Waals surface area contributed by atoms with Gasteiger partial charge in [-0.2, -0.15) is 5.10 Å². The van der Waals surface area contributed by atoms with E-state index in [0.717, 1.165) is 40.2 Å². The van der Waals surface area contributed by atoms with Crippen LogP contribution in [0, 0.1) is 0 Å². The van der Waals surface area contributed by atoms with Crippen molar-refractivity contribution in [3.63, 3.8) is 0 Å². The Morgan fingerprint density at radius 2 is 2.06 bits per heavy atom. The molecule has 18 heavy (non-hydrogen) atoms. The van der Waals surface area contributed by atoms with E-state index >= 15 is 0 Å². The van der Waals surface area contributed by atoms with Crippen LogP contribution in [0.25, 0.3) is 5.69 Å². The number of rotatable bonds is 4. The standard InChI is InChI=1S/C13H17BrN4/c1-3-12-16-13(4-2)18(17-12)11-6-5-10(14)7-9(11)8-15/h5-7H,3-4,8,15H2,1-2H3. The Bertz CT molecular complexity index is 548. The number of hydrogen-bond donors (Lipinski definition) is 1. The van der Waals surface area contributed by atoms with Gasteiger partial charge in [0.05, 0.1) is 5.69 Å². The lowest BCUT2D eigenvalue weighted by Crippen LogP contribution is -2.08. The average Bonchev–Trinajstić information content (AvgIpc) is 2.81. The first-order valence-corrected chi connectivity index (χ1v) is 6.92. The van der Waals surface area contributed by atoms with Gasteiger partial charge in [0.2, 0.25) is 0 Å². The average molecular weight is 309 g/mol. The first-order chi connectivity index (χ1) is 8.69. The fourth-order valence-electron chi connectivity index (χ4n) is 1.89. The fourth-order valence-corrected chi connectivity index (χ4v) is 2.30. The van der Waals surface area contributed by atoms with Crippen LogP contribution in [-0.2, 0) is 19.4 Å². The smallest absolute Gasteiger partial charge is 0.151 e. The Morgan fingerprint density at radius 3 is 2.67 bits per heavy atom. The summed E-state index contributed by atoms with van der Waals surface area (Å²) in [5.41, 5.74) is 7.89. The van der Waals surface area contributed by atoms with Gasteiger partial charge < -0.3 is 5.73 Å². The molecule has 0 unspecified atom stereocenters. The number of aryl methyl sites for hydroxylation is 2. The van der Waals surface area contributed by atoms with E-state index < -0.39 is 0 Å². The molecular formula is C13H17BrN4. The highest BCUT2D eigenvalue weighted by atomic mass is 79.9. The quantitative estimate of drug-likeness (QED) is 0.944. The molecule has 0 aliphatic heterocycles. The van der Waals surface area contributed by atoms with Crippen molar-refractivity contribution >= 4 is 15.9 Å². The third kappa shape index (κ3) is 2.47. The molecule has 0 spiro atoms. The molecule has 0 aliphatic rings. The van der Waals surface area contributed by atoms with Gasteiger partial charge in [-0.3, -0.25) is 0 Å². The number of halogens is 1. The van der Waals surface area contributed by atoms with Gasteiger partial charge in [0.1, 0.15) is 5.82 Å². The SMILES string of the molecule is CCc1nc(CC)n(-c2ccc(Br)cc2CN)n1. The molecular weight excluding hydrogens is 292 g/mol. The van der Waals surface area contributed by atoms with E-state index in [1.807, 2.05) is 22.9 Å². The molecule has 0 fully saturated rings. The minimum absolute atomic E-state index is 0.485. The van der Waals surface area contributed by atoms with Gasteiger partial charge in [-0.15, -0.1) is 0 Å². The molecule has 2 rings (SSSR count). The Kier molecular flexibility index (Phi) is 4.14. The maximum atomic E-state index is 5.81. The summed E-state index contributed by atoms with van der Waals surface area (Å²) in [4.78, 5) is 4.52. The molecule has 96 valence electrons. The normalized spacial score (nSPS) is 10.9. The van der Waals surface area contributed by atoms with Crippen LogP contribution in [0.3, 0.4) is 0 Å². The van der Waals surface area contributed by atoms with E-state index in [1.54, 1.807) is 0 Å². The summed E-state index contributed by atoms with van der Waals surface area (Å²) in [5.74, 6) is 1.85. The zero-order valence-corrected chi connectivity index (χ0v) is 12.2. The van der Waals surface area contributed by atoms with E-state index in [2.05, 4.69) is 39.9 Å². The van der Waals surface area contributed by atoms with E-state index in [-0.39, 0.29) is 0 Å². The number of aromatic nitrogens is 3. The predicted molar refractivity (Wildman–Crippen MR) is 75.7 cm³/mol. The zero-order valence-electron chi connectivity index (χ0n) is 10.7. The van der Waals surface area contributed by atoms with Crippen molar-refractivity contribution in [3.8, 4) is 5.69 Å². The number of benzene rings is 1. The van der Waals surface area contributed by atoms with Gasteiger partial charge in [0, 0.05) is 23.9 Å². The monoisotopic (exact) mass is 308 g/mol. The van der Waals surface area contributed by atoms with Crippen LogP contribution in [0.2, 0.25) is 0 Å². The summed E-state index contributed by atoms with van der Waals surface area (Å²) >= 11 is 3.46. The van der Waals surface area contributed by atoms with E-state index in [4.69, 9.17) is 5.73 Å². The molecule has 1 heterocycles. The summed E-state index contributed by atoms with van der Waals surface area (Å²) < 4.78 is 2.94. The van der Waals surface area contributed by atoms with Crippen LogP contribution in [-0.4, -0.2) is 14.8 Å². The Balaban J connectivity index is 2.56. The van der Waals surface area contributed by atoms with Crippen molar-refractivity contribution in [1.29, 1.82) is 0 Å². The molecule has 4 nitrogen and oxygen atoms in total. The van der Waals surface area contributed by atoms with Crippen LogP contribution >= 0.6 is 15.9 Å². The summed E-state index contributed by atoms with van der Waals surface area (Å²) in [6.07, 6.45) is 1.70. The van der Waals surface area contributed by atoms with Crippen molar-refractivity contribution in [2.75, 3.05) is 0 Å². The second kappa shape index (κ2) is 5.63. The van der Waals surface area contributed by atoms with E-state index in [0.29, 0.717) is 6.54 Å². The molecule has 1 aromatic carbocycles. The molecule has 0 saturated carbocycles. The zero-order chi connectivity index (χ0) is 13.1. The summed E-state index contributed by atoms with van der Waals surface area (Å²) in [6, 6.07) is 6.06. The number of hydrogen-bond acceptors (Lipinski definition) is 3. The van der Waals surface area contributed by atoms with E-state index in [1.165, 1.54) is 0 Å². The van der Waals surface area contributed by atoms with Crippen LogP contribution in [0.5, 0.6) is 0 Å². The minimum Gasteiger partial charge on any atom is -0.326 e. The molecule has 0 bridgehead atoms.